The second kappa shape index (κ2) is 9.12. The van der Waals surface area contributed by atoms with Crippen molar-refractivity contribution in [2.45, 2.75) is 19.9 Å². The van der Waals surface area contributed by atoms with Crippen LogP contribution in [0.25, 0.3) is 5.69 Å². The summed E-state index contributed by atoms with van der Waals surface area (Å²) in [5.74, 6) is 1.42. The fourth-order valence-corrected chi connectivity index (χ4v) is 2.73. The molecule has 0 aliphatic rings. The van der Waals surface area contributed by atoms with Gasteiger partial charge in [-0.1, -0.05) is 0 Å². The zero-order valence-electron chi connectivity index (χ0n) is 16.4. The number of nitrogens with zero attached hydrogens (tertiary/aromatic N) is 7. The van der Waals surface area contributed by atoms with Crippen LogP contribution in [0.4, 0.5) is 4.39 Å². The molecule has 0 unspecified atom stereocenters. The van der Waals surface area contributed by atoms with Gasteiger partial charge in [-0.3, -0.25) is 9.67 Å². The number of hydrogen-bond donors (Lipinski definition) is 1. The Morgan fingerprint density at radius 1 is 1.25 bits per heavy atom. The quantitative estimate of drug-likeness (QED) is 0.496. The second-order valence-corrected chi connectivity index (χ2v) is 6.37. The molecule has 0 aliphatic heterocycles. The van der Waals surface area contributed by atoms with Gasteiger partial charge in [-0.15, -0.1) is 0 Å². The molecule has 3 aromatic rings. The smallest absolute Gasteiger partial charge is 0.194 e. The second-order valence-electron chi connectivity index (χ2n) is 6.37. The van der Waals surface area contributed by atoms with Crippen molar-refractivity contribution < 1.29 is 4.39 Å². The Bertz CT molecular complexity index is 912. The molecule has 0 amide bonds. The van der Waals surface area contributed by atoms with E-state index in [1.165, 1.54) is 12.1 Å². The highest BCUT2D eigenvalue weighted by molar-refractivity contribution is 5.79. The van der Waals surface area contributed by atoms with Crippen LogP contribution in [0.2, 0.25) is 0 Å². The van der Waals surface area contributed by atoms with Crippen LogP contribution < -0.4 is 5.32 Å². The molecule has 8 nitrogen and oxygen atoms in total. The number of nitrogens with one attached hydrogen (secondary N) is 1. The molecule has 28 heavy (non-hydrogen) atoms. The molecule has 0 aliphatic carbocycles. The normalized spacial score (nSPS) is 11.6. The van der Waals surface area contributed by atoms with E-state index in [2.05, 4.69) is 25.5 Å². The number of aryl methyl sites for hydroxylation is 1. The molecule has 2 heterocycles. The Hall–Kier alpha value is -3.23. The minimum atomic E-state index is -0.258. The maximum absolute atomic E-state index is 13.1. The molecule has 148 valence electrons. The summed E-state index contributed by atoms with van der Waals surface area (Å²) in [6.45, 7) is 4.03. The van der Waals surface area contributed by atoms with Crippen molar-refractivity contribution in [3.63, 3.8) is 0 Å². The van der Waals surface area contributed by atoms with E-state index in [0.29, 0.717) is 19.5 Å². The van der Waals surface area contributed by atoms with Gasteiger partial charge in [0.05, 0.1) is 17.9 Å². The first-order chi connectivity index (χ1) is 13.6. The zero-order chi connectivity index (χ0) is 19.9. The molecule has 0 bridgehead atoms. The molecule has 9 heteroatoms. The van der Waals surface area contributed by atoms with Crippen LogP contribution in [0.1, 0.15) is 18.4 Å². The first-order valence-corrected chi connectivity index (χ1v) is 9.19. The van der Waals surface area contributed by atoms with E-state index in [4.69, 9.17) is 0 Å². The Morgan fingerprint density at radius 2 is 2.04 bits per heavy atom. The van der Waals surface area contributed by atoms with Gasteiger partial charge in [0.25, 0.3) is 0 Å². The predicted octanol–water partition coefficient (Wildman–Crippen LogP) is 1.78. The molecular formula is C19H25FN8. The van der Waals surface area contributed by atoms with Crippen LogP contribution in [0.5, 0.6) is 0 Å². The van der Waals surface area contributed by atoms with Crippen molar-refractivity contribution in [3.05, 3.63) is 60.2 Å². The maximum atomic E-state index is 13.1. The fourth-order valence-electron chi connectivity index (χ4n) is 2.73. The van der Waals surface area contributed by atoms with Crippen LogP contribution in [0, 0.1) is 5.82 Å². The highest BCUT2D eigenvalue weighted by atomic mass is 19.1. The molecule has 0 fully saturated rings. The number of halogens is 1. The van der Waals surface area contributed by atoms with Crippen LogP contribution >= 0.6 is 0 Å². The lowest BCUT2D eigenvalue weighted by Gasteiger charge is -2.21. The fraction of sp³-hybridized carbons (Fsp3) is 0.368. The zero-order valence-corrected chi connectivity index (χ0v) is 16.4. The van der Waals surface area contributed by atoms with Crippen LogP contribution in [0.3, 0.4) is 0 Å². The summed E-state index contributed by atoms with van der Waals surface area (Å²) in [4.78, 5) is 11.0. The molecule has 0 atom stereocenters. The van der Waals surface area contributed by atoms with E-state index in [1.54, 1.807) is 27.8 Å². The van der Waals surface area contributed by atoms with Gasteiger partial charge in [0.2, 0.25) is 0 Å². The number of benzene rings is 1. The lowest BCUT2D eigenvalue weighted by atomic mass is 10.3. The van der Waals surface area contributed by atoms with Crippen LogP contribution in [-0.4, -0.2) is 55.5 Å². The summed E-state index contributed by atoms with van der Waals surface area (Å²) in [5.41, 5.74) is 1.76. The minimum Gasteiger partial charge on any atom is -0.357 e. The van der Waals surface area contributed by atoms with E-state index in [9.17, 15) is 4.39 Å². The molecule has 0 saturated carbocycles. The van der Waals surface area contributed by atoms with Gasteiger partial charge in [-0.25, -0.2) is 14.1 Å². The van der Waals surface area contributed by atoms with Gasteiger partial charge in [0.1, 0.15) is 18.0 Å². The molecule has 0 spiro atoms. The van der Waals surface area contributed by atoms with Crippen molar-refractivity contribution in [2.75, 3.05) is 20.1 Å². The van der Waals surface area contributed by atoms with Gasteiger partial charge in [-0.05, 0) is 37.3 Å². The van der Waals surface area contributed by atoms with Crippen molar-refractivity contribution in [1.82, 2.24) is 34.8 Å². The van der Waals surface area contributed by atoms with Crippen LogP contribution in [-0.2, 0) is 20.0 Å². The molecule has 0 radical (unpaired) electrons. The third-order valence-corrected chi connectivity index (χ3v) is 4.25. The highest BCUT2D eigenvalue weighted by Gasteiger charge is 2.10. The Kier molecular flexibility index (Phi) is 6.36. The summed E-state index contributed by atoms with van der Waals surface area (Å²) in [7, 11) is 3.84. The first kappa shape index (κ1) is 19.5. The van der Waals surface area contributed by atoms with E-state index in [1.807, 2.05) is 38.2 Å². The van der Waals surface area contributed by atoms with Crippen molar-refractivity contribution >= 4 is 5.96 Å². The van der Waals surface area contributed by atoms with Crippen molar-refractivity contribution in [3.8, 4) is 5.69 Å². The number of guanidine groups is 1. The van der Waals surface area contributed by atoms with Crippen molar-refractivity contribution in [1.29, 1.82) is 0 Å². The molecule has 2 aromatic heterocycles. The number of rotatable bonds is 7. The molecule has 0 saturated heterocycles. The van der Waals surface area contributed by atoms with Crippen molar-refractivity contribution in [2.24, 2.45) is 12.0 Å². The molecule has 3 rings (SSSR count). The average molecular weight is 384 g/mol. The largest absolute Gasteiger partial charge is 0.357 e. The van der Waals surface area contributed by atoms with E-state index < -0.39 is 0 Å². The lowest BCUT2D eigenvalue weighted by molar-refractivity contribution is 0.448. The highest BCUT2D eigenvalue weighted by Crippen LogP contribution is 2.09. The SMILES string of the molecule is CCNC(=NCCc1ccn(-c2ccc(F)cc2)n1)N(C)Cc1ncnn1C. The maximum Gasteiger partial charge on any atom is 0.194 e. The number of hydrogen-bond acceptors (Lipinski definition) is 4. The molecule has 1 N–H and O–H groups in total. The minimum absolute atomic E-state index is 0.258. The summed E-state index contributed by atoms with van der Waals surface area (Å²) in [5, 5.41) is 11.9. The Morgan fingerprint density at radius 3 is 2.71 bits per heavy atom. The van der Waals surface area contributed by atoms with Gasteiger partial charge in [0.15, 0.2) is 5.96 Å². The van der Waals surface area contributed by atoms with E-state index >= 15 is 0 Å². The number of aromatic nitrogens is 5. The third-order valence-electron chi connectivity index (χ3n) is 4.25. The predicted molar refractivity (Wildman–Crippen MR) is 106 cm³/mol. The lowest BCUT2D eigenvalue weighted by Crippen LogP contribution is -2.39. The van der Waals surface area contributed by atoms with Gasteiger partial charge in [0, 0.05) is 39.8 Å². The summed E-state index contributed by atoms with van der Waals surface area (Å²) < 4.78 is 16.5. The summed E-state index contributed by atoms with van der Waals surface area (Å²) in [6, 6.07) is 8.21. The Balaban J connectivity index is 1.60. The summed E-state index contributed by atoms with van der Waals surface area (Å²) in [6.07, 6.45) is 4.13. The summed E-state index contributed by atoms with van der Waals surface area (Å²) >= 11 is 0. The Labute approximate surface area is 163 Å². The average Bonchev–Trinajstić information content (AvgIpc) is 3.31. The van der Waals surface area contributed by atoms with Gasteiger partial charge in [-0.2, -0.15) is 10.2 Å². The van der Waals surface area contributed by atoms with E-state index in [-0.39, 0.29) is 5.82 Å². The molecular weight excluding hydrogens is 359 g/mol. The standard InChI is InChI=1S/C19H25FN8/c1-4-21-19(26(2)13-18-23-14-24-27(18)3)22-11-9-16-10-12-28(25-16)17-7-5-15(20)6-8-17/h5-8,10,12,14H,4,9,11,13H2,1-3H3,(H,21,22). The van der Waals surface area contributed by atoms with Gasteiger partial charge < -0.3 is 10.2 Å². The van der Waals surface area contributed by atoms with E-state index in [0.717, 1.165) is 29.7 Å². The van der Waals surface area contributed by atoms with Crippen LogP contribution in [0.15, 0.2) is 47.8 Å². The monoisotopic (exact) mass is 384 g/mol. The van der Waals surface area contributed by atoms with Gasteiger partial charge >= 0.3 is 0 Å². The first-order valence-electron chi connectivity index (χ1n) is 9.19. The topological polar surface area (TPSA) is 76.2 Å². The third kappa shape index (κ3) is 4.93. The number of aliphatic imine (C=N–C) groups is 1. The molecule has 1 aromatic carbocycles.